The maximum atomic E-state index is 14.9. The first-order chi connectivity index (χ1) is 19.9. The highest BCUT2D eigenvalue weighted by Gasteiger charge is 2.60. The molecule has 0 radical (unpaired) electrons. The Kier molecular flexibility index (Phi) is 7.96. The van der Waals surface area contributed by atoms with Crippen LogP contribution in [-0.4, -0.2) is 48.8 Å². The SMILES string of the molecule is C=C(OCC)c1cc(C#N)nc2cc(Cn3cc(C(CC)(c4cc(C(=O)O)ccc4[N+](=O)[O-])C(F)(F)F)nn3)ccc12. The molecule has 0 fully saturated rings. The highest BCUT2D eigenvalue weighted by Crippen LogP contribution is 2.51. The van der Waals surface area contributed by atoms with Crippen LogP contribution in [0.2, 0.25) is 0 Å². The Morgan fingerprint density at radius 1 is 1.21 bits per heavy atom. The van der Waals surface area contributed by atoms with Crippen molar-refractivity contribution in [3.8, 4) is 6.07 Å². The summed E-state index contributed by atoms with van der Waals surface area (Å²) in [7, 11) is 0. The lowest BCUT2D eigenvalue weighted by molar-refractivity contribution is -0.386. The van der Waals surface area contributed by atoms with Crippen molar-refractivity contribution < 1.29 is 32.7 Å². The molecule has 14 heteroatoms. The molecule has 42 heavy (non-hydrogen) atoms. The maximum Gasteiger partial charge on any atom is 0.404 e. The van der Waals surface area contributed by atoms with E-state index in [0.717, 1.165) is 23.0 Å². The number of benzene rings is 2. The number of aromatic nitrogens is 4. The number of hydrogen-bond donors (Lipinski definition) is 1. The number of nitro benzene ring substituents is 1. The third-order valence-corrected chi connectivity index (χ3v) is 6.84. The number of alkyl halides is 3. The van der Waals surface area contributed by atoms with Gasteiger partial charge in [0.2, 0.25) is 0 Å². The first kappa shape index (κ1) is 29.7. The molecule has 0 saturated heterocycles. The minimum atomic E-state index is -5.11. The van der Waals surface area contributed by atoms with Crippen molar-refractivity contribution in [1.29, 1.82) is 5.26 Å². The zero-order valence-electron chi connectivity index (χ0n) is 22.3. The number of ether oxygens (including phenoxy) is 1. The largest absolute Gasteiger partial charge is 0.494 e. The summed E-state index contributed by atoms with van der Waals surface area (Å²) in [4.78, 5) is 26.6. The van der Waals surface area contributed by atoms with Crippen molar-refractivity contribution in [3.05, 3.63) is 99.0 Å². The molecule has 4 rings (SSSR count). The summed E-state index contributed by atoms with van der Waals surface area (Å²) in [6, 6.07) is 10.8. The molecular formula is C28H23F3N6O5. The summed E-state index contributed by atoms with van der Waals surface area (Å²) in [5, 5.41) is 38.8. The Balaban J connectivity index is 1.81. The van der Waals surface area contributed by atoms with Crippen molar-refractivity contribution in [2.75, 3.05) is 6.61 Å². The molecule has 0 aliphatic rings. The number of nitrogens with zero attached hydrogens (tertiary/aromatic N) is 6. The van der Waals surface area contributed by atoms with Gasteiger partial charge in [-0.25, -0.2) is 14.5 Å². The fourth-order valence-electron chi connectivity index (χ4n) is 4.85. The number of fused-ring (bicyclic) bond motifs is 1. The highest BCUT2D eigenvalue weighted by molar-refractivity contribution is 5.91. The van der Waals surface area contributed by atoms with E-state index in [-0.39, 0.29) is 12.2 Å². The zero-order valence-corrected chi connectivity index (χ0v) is 22.3. The van der Waals surface area contributed by atoms with Gasteiger partial charge in [-0.15, -0.1) is 5.10 Å². The molecular weight excluding hydrogens is 557 g/mol. The van der Waals surface area contributed by atoms with Gasteiger partial charge in [0.05, 0.1) is 40.9 Å². The number of hydrogen-bond acceptors (Lipinski definition) is 8. The van der Waals surface area contributed by atoms with E-state index in [1.165, 1.54) is 6.92 Å². The van der Waals surface area contributed by atoms with E-state index < -0.39 is 51.4 Å². The van der Waals surface area contributed by atoms with Crippen molar-refractivity contribution >= 4 is 28.3 Å². The van der Waals surface area contributed by atoms with Gasteiger partial charge in [0, 0.05) is 17.0 Å². The Labute approximate surface area is 236 Å². The maximum absolute atomic E-state index is 14.9. The summed E-state index contributed by atoms with van der Waals surface area (Å²) >= 11 is 0. The van der Waals surface area contributed by atoms with Crippen LogP contribution < -0.4 is 0 Å². The monoisotopic (exact) mass is 580 g/mol. The molecule has 2 aromatic carbocycles. The molecule has 2 aromatic heterocycles. The summed E-state index contributed by atoms with van der Waals surface area (Å²) < 4.78 is 51.2. The highest BCUT2D eigenvalue weighted by atomic mass is 19.4. The van der Waals surface area contributed by atoms with E-state index in [1.807, 2.05) is 6.07 Å². The molecule has 1 unspecified atom stereocenters. The van der Waals surface area contributed by atoms with E-state index in [0.29, 0.717) is 40.5 Å². The van der Waals surface area contributed by atoms with E-state index in [2.05, 4.69) is 21.9 Å². The lowest BCUT2D eigenvalue weighted by Crippen LogP contribution is -2.44. The van der Waals surface area contributed by atoms with Crippen LogP contribution >= 0.6 is 0 Å². The van der Waals surface area contributed by atoms with Gasteiger partial charge in [-0.3, -0.25) is 10.1 Å². The number of pyridine rings is 1. The molecule has 0 aliphatic carbocycles. The van der Waals surface area contributed by atoms with Gasteiger partial charge in [-0.05, 0) is 43.2 Å². The Hall–Kier alpha value is -5.32. The summed E-state index contributed by atoms with van der Waals surface area (Å²) in [5.41, 5.74) is -4.30. The molecule has 1 N–H and O–H groups in total. The van der Waals surface area contributed by atoms with Crippen LogP contribution in [0.15, 0.2) is 55.2 Å². The topological polar surface area (TPSA) is 157 Å². The number of carbonyl (C=O) groups is 1. The van der Waals surface area contributed by atoms with Gasteiger partial charge in [0.15, 0.2) is 0 Å². The molecule has 0 bridgehead atoms. The summed E-state index contributed by atoms with van der Waals surface area (Å²) in [6.07, 6.45) is -4.80. The molecule has 216 valence electrons. The Bertz CT molecular complexity index is 1760. The van der Waals surface area contributed by atoms with Crippen LogP contribution in [0.3, 0.4) is 0 Å². The smallest absolute Gasteiger partial charge is 0.404 e. The second-order valence-electron chi connectivity index (χ2n) is 9.23. The molecule has 0 saturated carbocycles. The third-order valence-electron chi connectivity index (χ3n) is 6.84. The first-order valence-corrected chi connectivity index (χ1v) is 12.5. The van der Waals surface area contributed by atoms with Crippen molar-refractivity contribution in [2.45, 2.75) is 38.4 Å². The van der Waals surface area contributed by atoms with E-state index in [9.17, 15) is 38.4 Å². The van der Waals surface area contributed by atoms with Crippen LogP contribution in [0, 0.1) is 21.4 Å². The van der Waals surface area contributed by atoms with Crippen LogP contribution in [0.25, 0.3) is 16.7 Å². The lowest BCUT2D eigenvalue weighted by atomic mass is 9.73. The first-order valence-electron chi connectivity index (χ1n) is 12.5. The molecule has 1 atom stereocenters. The molecule has 11 nitrogen and oxygen atoms in total. The summed E-state index contributed by atoms with van der Waals surface area (Å²) in [6.45, 7) is 7.16. The molecule has 0 amide bonds. The lowest BCUT2D eigenvalue weighted by Gasteiger charge is -2.33. The van der Waals surface area contributed by atoms with E-state index in [4.69, 9.17) is 4.74 Å². The Morgan fingerprint density at radius 2 is 1.95 bits per heavy atom. The zero-order chi connectivity index (χ0) is 30.8. The standard InChI is InChI=1S/C28H23F3N6O5/c1-4-27(28(29,30)31,22-11-18(26(38)39)7-9-24(22)37(40)41)25-15-36(35-34-25)14-17-6-8-20-21(16(3)42-5-2)12-19(13-32)33-23(20)10-17/h6-12,15H,3-5,14H2,1-2H3,(H,38,39). The predicted octanol–water partition coefficient (Wildman–Crippen LogP) is 5.62. The third kappa shape index (κ3) is 5.24. The van der Waals surface area contributed by atoms with E-state index >= 15 is 0 Å². The number of carboxylic acid groups (broad SMARTS) is 1. The summed E-state index contributed by atoms with van der Waals surface area (Å²) in [5.74, 6) is -1.20. The second-order valence-corrected chi connectivity index (χ2v) is 9.23. The minimum Gasteiger partial charge on any atom is -0.494 e. The van der Waals surface area contributed by atoms with Crippen molar-refractivity contribution in [1.82, 2.24) is 20.0 Å². The molecule has 2 heterocycles. The van der Waals surface area contributed by atoms with E-state index in [1.54, 1.807) is 31.2 Å². The second kappa shape index (κ2) is 11.3. The predicted molar refractivity (Wildman–Crippen MR) is 143 cm³/mol. The number of rotatable bonds is 10. The van der Waals surface area contributed by atoms with Gasteiger partial charge in [-0.2, -0.15) is 18.4 Å². The number of nitriles is 1. The average Bonchev–Trinajstić information content (AvgIpc) is 3.40. The number of nitro groups is 1. The number of carboxylic acids is 1. The fourth-order valence-corrected chi connectivity index (χ4v) is 4.85. The van der Waals surface area contributed by atoms with Crippen LogP contribution in [0.1, 0.15) is 58.7 Å². The van der Waals surface area contributed by atoms with Gasteiger partial charge >= 0.3 is 12.1 Å². The molecule has 0 spiro atoms. The van der Waals surface area contributed by atoms with Gasteiger partial charge in [-0.1, -0.05) is 30.8 Å². The van der Waals surface area contributed by atoms with Crippen molar-refractivity contribution in [2.24, 2.45) is 0 Å². The fraction of sp³-hybridized carbons (Fsp3) is 0.250. The quantitative estimate of drug-likeness (QED) is 0.143. The average molecular weight is 581 g/mol. The molecule has 0 aliphatic heterocycles. The molecule has 4 aromatic rings. The van der Waals surface area contributed by atoms with Gasteiger partial charge in [0.1, 0.15) is 28.6 Å². The number of halogens is 3. The van der Waals surface area contributed by atoms with Gasteiger partial charge < -0.3 is 9.84 Å². The van der Waals surface area contributed by atoms with Crippen molar-refractivity contribution in [3.63, 3.8) is 0 Å². The Morgan fingerprint density at radius 3 is 2.55 bits per heavy atom. The van der Waals surface area contributed by atoms with Gasteiger partial charge in [0.25, 0.3) is 5.69 Å². The van der Waals surface area contributed by atoms with Crippen LogP contribution in [0.4, 0.5) is 18.9 Å². The normalized spacial score (nSPS) is 12.9. The number of aromatic carboxylic acids is 1. The van der Waals surface area contributed by atoms with Crippen LogP contribution in [-0.2, 0) is 16.7 Å². The van der Waals surface area contributed by atoms with Crippen LogP contribution in [0.5, 0.6) is 0 Å². The minimum absolute atomic E-state index is 0.0575.